The van der Waals surface area contributed by atoms with Gasteiger partial charge in [-0.1, -0.05) is 31.2 Å². The van der Waals surface area contributed by atoms with Crippen LogP contribution in [-0.4, -0.2) is 80.6 Å². The van der Waals surface area contributed by atoms with E-state index < -0.39 is 17.6 Å². The fourth-order valence-corrected chi connectivity index (χ4v) is 5.34. The largest absolute Gasteiger partial charge is 0.416 e. The molecule has 1 N–H and O–H groups in total. The van der Waals surface area contributed by atoms with Gasteiger partial charge in [0.25, 0.3) is 5.56 Å². The van der Waals surface area contributed by atoms with E-state index in [1.54, 1.807) is 23.4 Å². The van der Waals surface area contributed by atoms with Crippen LogP contribution in [-0.2, 0) is 28.9 Å². The molecule has 45 heavy (non-hydrogen) atoms. The van der Waals surface area contributed by atoms with Gasteiger partial charge in [0.2, 0.25) is 17.6 Å². The average molecular weight is 625 g/mol. The summed E-state index contributed by atoms with van der Waals surface area (Å²) in [6.07, 6.45) is -4.49. The first kappa shape index (κ1) is 31.7. The van der Waals surface area contributed by atoms with Gasteiger partial charge in [0.1, 0.15) is 12.2 Å². The lowest BCUT2D eigenvalue weighted by Crippen LogP contribution is -2.48. The molecule has 0 saturated carbocycles. The number of likely N-dealkylation sites (N-methyl/N-ethyl adjacent to an activating group) is 1. The van der Waals surface area contributed by atoms with Gasteiger partial charge < -0.3 is 24.6 Å². The predicted octanol–water partition coefficient (Wildman–Crippen LogP) is 3.64. The van der Waals surface area contributed by atoms with Crippen LogP contribution in [0.1, 0.15) is 30.7 Å². The quantitative estimate of drug-likeness (QED) is 0.319. The van der Waals surface area contributed by atoms with Crippen LogP contribution in [0.5, 0.6) is 0 Å². The molecule has 1 saturated heterocycles. The Bertz CT molecular complexity index is 1760. The number of benzene rings is 2. The fourth-order valence-electron chi connectivity index (χ4n) is 5.34. The Morgan fingerprint density at radius 3 is 2.22 bits per heavy atom. The van der Waals surface area contributed by atoms with Crippen LogP contribution in [0.3, 0.4) is 0 Å². The van der Waals surface area contributed by atoms with Crippen molar-refractivity contribution >= 4 is 29.0 Å². The van der Waals surface area contributed by atoms with Crippen molar-refractivity contribution in [2.24, 2.45) is 0 Å². The molecule has 14 heteroatoms. The summed E-state index contributed by atoms with van der Waals surface area (Å²) in [5.74, 6) is -0.124. The highest BCUT2D eigenvalue weighted by atomic mass is 19.4. The number of carbonyl (C=O) groups excluding carboxylic acids is 2. The molecule has 4 aromatic rings. The second-order valence-electron chi connectivity index (χ2n) is 11.1. The number of alkyl halides is 3. The van der Waals surface area contributed by atoms with Gasteiger partial charge in [-0.05, 0) is 43.3 Å². The molecule has 11 nitrogen and oxygen atoms in total. The Balaban J connectivity index is 1.51. The molecule has 0 radical (unpaired) electrons. The van der Waals surface area contributed by atoms with Crippen LogP contribution in [0, 0.1) is 6.92 Å². The molecule has 238 valence electrons. The summed E-state index contributed by atoms with van der Waals surface area (Å²) < 4.78 is 41.8. The molecule has 0 bridgehead atoms. The van der Waals surface area contributed by atoms with Crippen molar-refractivity contribution in [2.75, 3.05) is 50.0 Å². The number of rotatable bonds is 8. The maximum Gasteiger partial charge on any atom is 0.416 e. The van der Waals surface area contributed by atoms with E-state index in [2.05, 4.69) is 27.2 Å². The van der Waals surface area contributed by atoms with E-state index in [0.717, 1.165) is 37.3 Å². The molecule has 3 heterocycles. The number of hydrogen-bond donors (Lipinski definition) is 1. The van der Waals surface area contributed by atoms with Gasteiger partial charge in [0.15, 0.2) is 5.82 Å². The number of piperazine rings is 1. The topological polar surface area (TPSA) is 108 Å². The number of carbonyl (C=O) groups is 2. The number of nitrogens with zero attached hydrogens (tertiary/aromatic N) is 7. The van der Waals surface area contributed by atoms with Gasteiger partial charge in [0, 0.05) is 63.6 Å². The van der Waals surface area contributed by atoms with Crippen molar-refractivity contribution in [3.8, 4) is 11.4 Å². The van der Waals surface area contributed by atoms with Gasteiger partial charge >= 0.3 is 6.18 Å². The van der Waals surface area contributed by atoms with Gasteiger partial charge in [-0.25, -0.2) is 0 Å². The van der Waals surface area contributed by atoms with Crippen LogP contribution in [0.4, 0.5) is 24.5 Å². The summed E-state index contributed by atoms with van der Waals surface area (Å²) in [6, 6.07) is 11.5. The maximum atomic E-state index is 13.9. The monoisotopic (exact) mass is 624 g/mol. The summed E-state index contributed by atoms with van der Waals surface area (Å²) in [4.78, 5) is 49.3. The van der Waals surface area contributed by atoms with E-state index in [1.807, 2.05) is 29.2 Å². The summed E-state index contributed by atoms with van der Waals surface area (Å²) in [7, 11) is 1.71. The molecule has 1 aliphatic heterocycles. The first-order valence-corrected chi connectivity index (χ1v) is 14.6. The molecule has 2 aromatic heterocycles. The lowest BCUT2D eigenvalue weighted by Gasteiger charge is -2.36. The molecule has 0 aliphatic carbocycles. The Morgan fingerprint density at radius 1 is 1.00 bits per heavy atom. The van der Waals surface area contributed by atoms with E-state index in [-0.39, 0.29) is 35.3 Å². The third-order valence-electron chi connectivity index (χ3n) is 8.08. The Kier molecular flexibility index (Phi) is 8.96. The molecule has 0 spiro atoms. The van der Waals surface area contributed by atoms with Crippen molar-refractivity contribution in [3.05, 3.63) is 75.7 Å². The van der Waals surface area contributed by atoms with Crippen molar-refractivity contribution in [3.63, 3.8) is 0 Å². The highest BCUT2D eigenvalue weighted by Crippen LogP contribution is 2.30. The number of nitrogens with one attached hydrogen (secondary N) is 1. The third kappa shape index (κ3) is 6.85. The minimum Gasteiger partial charge on any atom is -0.363 e. The summed E-state index contributed by atoms with van der Waals surface area (Å²) >= 11 is 0. The first-order chi connectivity index (χ1) is 21.3. The summed E-state index contributed by atoms with van der Waals surface area (Å²) in [6.45, 7) is 9.18. The number of amides is 2. The third-order valence-corrected chi connectivity index (χ3v) is 8.08. The van der Waals surface area contributed by atoms with Gasteiger partial charge in [0.05, 0.1) is 5.56 Å². The van der Waals surface area contributed by atoms with E-state index >= 15 is 0 Å². The number of hydrogen-bond acceptors (Lipinski definition) is 7. The maximum absolute atomic E-state index is 13.9. The Labute approximate surface area is 257 Å². The zero-order valence-electron chi connectivity index (χ0n) is 25.6. The second kappa shape index (κ2) is 12.7. The summed E-state index contributed by atoms with van der Waals surface area (Å²) in [5.41, 5.74) is 1.52. The highest BCUT2D eigenvalue weighted by molar-refractivity contribution is 5.91. The van der Waals surface area contributed by atoms with Crippen molar-refractivity contribution in [2.45, 2.75) is 40.0 Å². The lowest BCUT2D eigenvalue weighted by atomic mass is 10.1. The number of fused-ring (bicyclic) bond motifs is 1. The van der Waals surface area contributed by atoms with E-state index in [0.29, 0.717) is 36.6 Å². The van der Waals surface area contributed by atoms with Crippen LogP contribution >= 0.6 is 0 Å². The molecule has 0 atom stereocenters. The Hall–Kier alpha value is -4.72. The van der Waals surface area contributed by atoms with Crippen molar-refractivity contribution in [1.29, 1.82) is 0 Å². The molecule has 2 aromatic carbocycles. The first-order valence-electron chi connectivity index (χ1n) is 14.6. The lowest BCUT2D eigenvalue weighted by molar-refractivity contribution is -0.137. The normalized spacial score (nSPS) is 14.2. The second-order valence-corrected chi connectivity index (χ2v) is 11.1. The van der Waals surface area contributed by atoms with Gasteiger partial charge in [-0.3, -0.25) is 14.4 Å². The molecular weight excluding hydrogens is 589 g/mol. The molecular formula is C31H35F3N8O3. The SMILES string of the molecule is CCN1CCN(c2c(C)n(CC(=O)Nc3ccc(C(F)(F)F)cc3)c3nc(-c4ccc(CN(C)C(C)=O)cc4)nn3c2=O)CC1. The van der Waals surface area contributed by atoms with E-state index in [9.17, 15) is 27.6 Å². The minimum absolute atomic E-state index is 0.0572. The van der Waals surface area contributed by atoms with E-state index in [4.69, 9.17) is 0 Å². The van der Waals surface area contributed by atoms with E-state index in [1.165, 1.54) is 23.6 Å². The van der Waals surface area contributed by atoms with Crippen molar-refractivity contribution < 1.29 is 22.8 Å². The Morgan fingerprint density at radius 2 is 1.64 bits per heavy atom. The predicted molar refractivity (Wildman–Crippen MR) is 164 cm³/mol. The minimum atomic E-state index is -4.49. The zero-order valence-corrected chi connectivity index (χ0v) is 25.6. The van der Waals surface area contributed by atoms with Crippen molar-refractivity contribution in [1.82, 2.24) is 29.0 Å². The van der Waals surface area contributed by atoms with Crippen LogP contribution in [0.2, 0.25) is 0 Å². The van der Waals surface area contributed by atoms with Crippen LogP contribution in [0.15, 0.2) is 53.3 Å². The summed E-state index contributed by atoms with van der Waals surface area (Å²) in [5, 5.41) is 7.19. The number of anilines is 2. The van der Waals surface area contributed by atoms with Gasteiger partial charge in [-0.2, -0.15) is 22.7 Å². The number of halogens is 3. The molecule has 2 amide bonds. The molecule has 1 aliphatic rings. The van der Waals surface area contributed by atoms with Crippen LogP contribution in [0.25, 0.3) is 17.2 Å². The average Bonchev–Trinajstić information content (AvgIpc) is 3.46. The molecule has 5 rings (SSSR count). The molecule has 1 fully saturated rings. The number of aromatic nitrogens is 4. The smallest absolute Gasteiger partial charge is 0.363 e. The molecule has 0 unspecified atom stereocenters. The fraction of sp³-hybridized carbons (Fsp3) is 0.387. The van der Waals surface area contributed by atoms with Gasteiger partial charge in [-0.15, -0.1) is 5.10 Å². The highest BCUT2D eigenvalue weighted by Gasteiger charge is 2.30. The zero-order chi connectivity index (χ0) is 32.5. The van der Waals surface area contributed by atoms with Crippen LogP contribution < -0.4 is 15.8 Å². The standard InChI is InChI=1S/C31H35F3N8O3/c1-5-39-14-16-40(17-15-39)27-20(2)41(19-26(44)35-25-12-10-24(11-13-25)31(32,33)34)30-36-28(37-42(30)29(27)45)23-8-6-22(7-9-23)18-38(4)21(3)43/h6-13H,5,14-19H2,1-4H3,(H,35,44).